The molecule has 1 N–H and O–H groups in total. The summed E-state index contributed by atoms with van der Waals surface area (Å²) >= 11 is 0. The van der Waals surface area contributed by atoms with Crippen LogP contribution in [0.4, 0.5) is 4.79 Å². The van der Waals surface area contributed by atoms with Crippen molar-refractivity contribution in [3.05, 3.63) is 66.0 Å². The largest absolute Gasteiger partial charge is 0.444 e. The third kappa shape index (κ3) is 3.82. The van der Waals surface area contributed by atoms with E-state index in [9.17, 15) is 4.79 Å². The number of imidazole rings is 1. The van der Waals surface area contributed by atoms with Gasteiger partial charge in [-0.1, -0.05) is 42.5 Å². The minimum Gasteiger partial charge on any atom is -0.444 e. The quantitative estimate of drug-likeness (QED) is 0.780. The van der Waals surface area contributed by atoms with Gasteiger partial charge in [0.15, 0.2) is 0 Å². The summed E-state index contributed by atoms with van der Waals surface area (Å²) in [5, 5.41) is 2.96. The average Bonchev–Trinajstić information content (AvgIpc) is 2.89. The van der Waals surface area contributed by atoms with Gasteiger partial charge >= 0.3 is 6.09 Å². The van der Waals surface area contributed by atoms with Crippen LogP contribution in [-0.4, -0.2) is 21.2 Å². The van der Waals surface area contributed by atoms with E-state index in [0.29, 0.717) is 0 Å². The van der Waals surface area contributed by atoms with Crippen molar-refractivity contribution in [2.24, 2.45) is 7.05 Å². The monoisotopic (exact) mass is 337 g/mol. The van der Waals surface area contributed by atoms with Crippen LogP contribution in [0.3, 0.4) is 0 Å². The second-order valence-electron chi connectivity index (χ2n) is 7.01. The van der Waals surface area contributed by atoms with Gasteiger partial charge in [-0.25, -0.2) is 9.78 Å². The zero-order valence-electron chi connectivity index (χ0n) is 15.0. The fourth-order valence-corrected chi connectivity index (χ4v) is 2.79. The lowest BCUT2D eigenvalue weighted by Crippen LogP contribution is -2.36. The zero-order valence-corrected chi connectivity index (χ0v) is 15.0. The Labute approximate surface area is 147 Å². The van der Waals surface area contributed by atoms with Gasteiger partial charge in [0.1, 0.15) is 17.5 Å². The Morgan fingerprint density at radius 2 is 1.72 bits per heavy atom. The maximum Gasteiger partial charge on any atom is 0.408 e. The SMILES string of the molecule is Cn1c(C(NC(=O)OC(C)(C)C)c2ccccc2)nc2ccccc21. The van der Waals surface area contributed by atoms with Gasteiger partial charge in [0, 0.05) is 7.05 Å². The Hall–Kier alpha value is -2.82. The van der Waals surface area contributed by atoms with Crippen molar-refractivity contribution in [1.82, 2.24) is 14.9 Å². The minimum absolute atomic E-state index is 0.395. The number of nitrogens with one attached hydrogen (secondary N) is 1. The number of fused-ring (bicyclic) bond motifs is 1. The first kappa shape index (κ1) is 17.0. The van der Waals surface area contributed by atoms with E-state index in [4.69, 9.17) is 9.72 Å². The third-order valence-electron chi connectivity index (χ3n) is 3.87. The van der Waals surface area contributed by atoms with Crippen LogP contribution in [0.25, 0.3) is 11.0 Å². The van der Waals surface area contributed by atoms with Crippen LogP contribution in [-0.2, 0) is 11.8 Å². The molecule has 0 spiro atoms. The lowest BCUT2D eigenvalue weighted by atomic mass is 10.1. The Bertz CT molecular complexity index is 879. The number of ether oxygens (including phenoxy) is 1. The van der Waals surface area contributed by atoms with Gasteiger partial charge in [0.05, 0.1) is 11.0 Å². The molecule has 0 fully saturated rings. The second-order valence-corrected chi connectivity index (χ2v) is 7.01. The first-order valence-corrected chi connectivity index (χ1v) is 8.31. The molecule has 0 saturated carbocycles. The molecule has 2 aromatic carbocycles. The molecule has 1 unspecified atom stereocenters. The molecule has 0 radical (unpaired) electrons. The van der Waals surface area contributed by atoms with Crippen LogP contribution < -0.4 is 5.32 Å². The summed E-state index contributed by atoms with van der Waals surface area (Å²) in [7, 11) is 1.96. The predicted molar refractivity (Wildman–Crippen MR) is 98.4 cm³/mol. The summed E-state index contributed by atoms with van der Waals surface area (Å²) in [4.78, 5) is 17.1. The van der Waals surface area contributed by atoms with Gasteiger partial charge in [-0.3, -0.25) is 0 Å². The van der Waals surface area contributed by atoms with Crippen molar-refractivity contribution >= 4 is 17.1 Å². The average molecular weight is 337 g/mol. The summed E-state index contributed by atoms with van der Waals surface area (Å²) in [5.74, 6) is 0.762. The summed E-state index contributed by atoms with van der Waals surface area (Å²) < 4.78 is 7.44. The molecule has 0 aliphatic rings. The highest BCUT2D eigenvalue weighted by Crippen LogP contribution is 2.25. The van der Waals surface area contributed by atoms with E-state index in [-0.39, 0.29) is 0 Å². The van der Waals surface area contributed by atoms with Gasteiger partial charge in [0.25, 0.3) is 0 Å². The third-order valence-corrected chi connectivity index (χ3v) is 3.87. The number of amides is 1. The number of nitrogens with zero attached hydrogens (tertiary/aromatic N) is 2. The first-order chi connectivity index (χ1) is 11.8. The summed E-state index contributed by atoms with van der Waals surface area (Å²) in [6.07, 6.45) is -0.464. The van der Waals surface area contributed by atoms with Crippen molar-refractivity contribution in [2.75, 3.05) is 0 Å². The van der Waals surface area contributed by atoms with E-state index in [1.807, 2.05) is 87.0 Å². The molecule has 1 amide bonds. The maximum absolute atomic E-state index is 12.4. The molecule has 3 rings (SSSR count). The number of hydrogen-bond donors (Lipinski definition) is 1. The van der Waals surface area contributed by atoms with Gasteiger partial charge in [-0.2, -0.15) is 0 Å². The Morgan fingerprint density at radius 3 is 2.36 bits per heavy atom. The number of para-hydroxylation sites is 2. The second kappa shape index (κ2) is 6.59. The van der Waals surface area contributed by atoms with Crippen molar-refractivity contribution in [3.63, 3.8) is 0 Å². The topological polar surface area (TPSA) is 56.2 Å². The smallest absolute Gasteiger partial charge is 0.408 e. The zero-order chi connectivity index (χ0) is 18.0. The molecule has 1 atom stereocenters. The number of benzene rings is 2. The molecular weight excluding hydrogens is 314 g/mol. The van der Waals surface area contributed by atoms with Gasteiger partial charge in [-0.05, 0) is 38.5 Å². The van der Waals surface area contributed by atoms with E-state index in [1.165, 1.54) is 0 Å². The van der Waals surface area contributed by atoms with Gasteiger partial charge in [-0.15, -0.1) is 0 Å². The molecule has 0 aliphatic carbocycles. The van der Waals surface area contributed by atoms with E-state index >= 15 is 0 Å². The molecular formula is C20H23N3O2. The number of hydrogen-bond acceptors (Lipinski definition) is 3. The number of aryl methyl sites for hydroxylation is 1. The Balaban J connectivity index is 2.02. The Kier molecular flexibility index (Phi) is 4.49. The molecule has 1 heterocycles. The first-order valence-electron chi connectivity index (χ1n) is 8.31. The standard InChI is InChI=1S/C20H23N3O2/c1-20(2,3)25-19(24)22-17(14-10-6-5-7-11-14)18-21-15-12-8-9-13-16(15)23(18)4/h5-13,17H,1-4H3,(H,22,24). The molecule has 5 heteroatoms. The van der Waals surface area contributed by atoms with Crippen LogP contribution in [0, 0.1) is 0 Å². The number of carbonyl (C=O) groups excluding carboxylic acids is 1. The normalized spacial score (nSPS) is 12.8. The predicted octanol–water partition coefficient (Wildman–Crippen LogP) is 4.19. The number of alkyl carbamates (subject to hydrolysis) is 1. The highest BCUT2D eigenvalue weighted by atomic mass is 16.6. The molecule has 0 bridgehead atoms. The Morgan fingerprint density at radius 1 is 1.08 bits per heavy atom. The lowest BCUT2D eigenvalue weighted by molar-refractivity contribution is 0.0510. The molecule has 130 valence electrons. The van der Waals surface area contributed by atoms with Crippen LogP contribution in [0.5, 0.6) is 0 Å². The van der Waals surface area contributed by atoms with E-state index in [1.54, 1.807) is 0 Å². The fourth-order valence-electron chi connectivity index (χ4n) is 2.79. The van der Waals surface area contributed by atoms with Crippen molar-refractivity contribution in [3.8, 4) is 0 Å². The lowest BCUT2D eigenvalue weighted by Gasteiger charge is -2.23. The van der Waals surface area contributed by atoms with Gasteiger partial charge < -0.3 is 14.6 Å². The van der Waals surface area contributed by atoms with Crippen LogP contribution in [0.2, 0.25) is 0 Å². The highest BCUT2D eigenvalue weighted by Gasteiger charge is 2.25. The van der Waals surface area contributed by atoms with Crippen molar-refractivity contribution in [1.29, 1.82) is 0 Å². The molecule has 25 heavy (non-hydrogen) atoms. The molecule has 0 aliphatic heterocycles. The number of aromatic nitrogens is 2. The van der Waals surface area contributed by atoms with Gasteiger partial charge in [0.2, 0.25) is 0 Å². The van der Waals surface area contributed by atoms with Crippen LogP contribution in [0.15, 0.2) is 54.6 Å². The summed E-state index contributed by atoms with van der Waals surface area (Å²) in [6.45, 7) is 5.54. The van der Waals surface area contributed by atoms with E-state index < -0.39 is 17.7 Å². The fraction of sp³-hybridized carbons (Fsp3) is 0.300. The number of carbonyl (C=O) groups is 1. The summed E-state index contributed by atoms with van der Waals surface area (Å²) in [6, 6.07) is 17.3. The van der Waals surface area contributed by atoms with E-state index in [2.05, 4.69) is 5.32 Å². The molecule has 5 nitrogen and oxygen atoms in total. The van der Waals surface area contributed by atoms with E-state index in [0.717, 1.165) is 22.4 Å². The molecule has 0 saturated heterocycles. The molecule has 3 aromatic rings. The van der Waals surface area contributed by atoms with Crippen molar-refractivity contribution < 1.29 is 9.53 Å². The number of rotatable bonds is 3. The molecule has 1 aromatic heterocycles. The minimum atomic E-state index is -0.558. The maximum atomic E-state index is 12.4. The van der Waals surface area contributed by atoms with Crippen molar-refractivity contribution in [2.45, 2.75) is 32.4 Å². The highest BCUT2D eigenvalue weighted by molar-refractivity contribution is 5.76. The summed E-state index contributed by atoms with van der Waals surface area (Å²) in [5.41, 5.74) is 2.31. The van der Waals surface area contributed by atoms with Crippen LogP contribution >= 0.6 is 0 Å². The van der Waals surface area contributed by atoms with Crippen LogP contribution in [0.1, 0.15) is 38.2 Å².